The zero-order valence-electron chi connectivity index (χ0n) is 11.3. The summed E-state index contributed by atoms with van der Waals surface area (Å²) in [5.41, 5.74) is 1.00. The minimum Gasteiger partial charge on any atom is -0.378 e. The van der Waals surface area contributed by atoms with Gasteiger partial charge in [-0.05, 0) is 12.1 Å². The second-order valence-corrected chi connectivity index (χ2v) is 4.77. The first-order valence-electron chi connectivity index (χ1n) is 6.39. The molecule has 1 aliphatic rings. The highest BCUT2D eigenvalue weighted by atomic mass is 16.5. The van der Waals surface area contributed by atoms with Gasteiger partial charge in [0.05, 0.1) is 25.1 Å². The van der Waals surface area contributed by atoms with Crippen molar-refractivity contribution >= 4 is 17.4 Å². The second kappa shape index (κ2) is 6.49. The fourth-order valence-electron chi connectivity index (χ4n) is 1.89. The van der Waals surface area contributed by atoms with Crippen molar-refractivity contribution in [2.75, 3.05) is 44.1 Å². The van der Waals surface area contributed by atoms with Gasteiger partial charge in [-0.25, -0.2) is 4.98 Å². The molecule has 1 aromatic rings. The lowest BCUT2D eigenvalue weighted by molar-refractivity contribution is -0.117. The molecule has 2 N–H and O–H groups in total. The molecule has 0 bridgehead atoms. The van der Waals surface area contributed by atoms with Gasteiger partial charge in [0.15, 0.2) is 0 Å². The molecule has 1 aromatic heterocycles. The number of nitrogens with one attached hydrogen (secondary N) is 2. The van der Waals surface area contributed by atoms with E-state index in [1.165, 1.54) is 0 Å². The molecular formula is C13H20N4O2. The summed E-state index contributed by atoms with van der Waals surface area (Å²) >= 11 is 0. The fraction of sp³-hybridized carbons (Fsp3) is 0.538. The monoisotopic (exact) mass is 264 g/mol. The number of rotatable bonds is 4. The number of pyridine rings is 1. The number of hydrogen-bond donors (Lipinski definition) is 2. The predicted octanol–water partition coefficient (Wildman–Crippen LogP) is 0.465. The fourth-order valence-corrected chi connectivity index (χ4v) is 1.89. The van der Waals surface area contributed by atoms with Crippen LogP contribution in [0.5, 0.6) is 0 Å². The van der Waals surface area contributed by atoms with Crippen LogP contribution >= 0.6 is 0 Å². The summed E-state index contributed by atoms with van der Waals surface area (Å²) in [6.07, 6.45) is 2.13. The maximum atomic E-state index is 11.8. The van der Waals surface area contributed by atoms with Crippen molar-refractivity contribution in [2.45, 2.75) is 12.5 Å². The maximum absolute atomic E-state index is 11.8. The minimum atomic E-state index is -0.0481. The molecule has 1 atom stereocenters. The van der Waals surface area contributed by atoms with Crippen LogP contribution in [-0.4, -0.2) is 50.8 Å². The molecule has 1 saturated heterocycles. The largest absolute Gasteiger partial charge is 0.378 e. The van der Waals surface area contributed by atoms with Crippen LogP contribution in [0.3, 0.4) is 0 Å². The summed E-state index contributed by atoms with van der Waals surface area (Å²) in [6.45, 7) is 2.10. The van der Waals surface area contributed by atoms with Crippen LogP contribution in [0.2, 0.25) is 0 Å². The Morgan fingerprint density at radius 2 is 2.42 bits per heavy atom. The molecule has 2 heterocycles. The summed E-state index contributed by atoms with van der Waals surface area (Å²) in [4.78, 5) is 18.0. The summed E-state index contributed by atoms with van der Waals surface area (Å²) in [6, 6.07) is 3.82. The van der Waals surface area contributed by atoms with Crippen LogP contribution in [0, 0.1) is 0 Å². The average molecular weight is 264 g/mol. The average Bonchev–Trinajstić information content (AvgIpc) is 2.40. The number of ether oxygens (including phenoxy) is 1. The third kappa shape index (κ3) is 4.18. The number of aromatic nitrogens is 1. The SMILES string of the molecule is CN(C)c1ccc(NC(=O)CC2COCCN2)nc1. The lowest BCUT2D eigenvalue weighted by Crippen LogP contribution is -2.43. The number of anilines is 2. The molecule has 0 saturated carbocycles. The number of amides is 1. The Hall–Kier alpha value is -1.66. The Morgan fingerprint density at radius 1 is 1.58 bits per heavy atom. The summed E-state index contributed by atoms with van der Waals surface area (Å²) < 4.78 is 5.31. The Labute approximate surface area is 113 Å². The van der Waals surface area contributed by atoms with E-state index in [0.29, 0.717) is 25.5 Å². The number of morpholine rings is 1. The van der Waals surface area contributed by atoms with E-state index in [1.807, 2.05) is 25.1 Å². The first-order valence-corrected chi connectivity index (χ1v) is 6.39. The Balaban J connectivity index is 1.84. The molecule has 6 heteroatoms. The number of nitrogens with zero attached hydrogens (tertiary/aromatic N) is 2. The van der Waals surface area contributed by atoms with Crippen LogP contribution in [0.4, 0.5) is 11.5 Å². The first-order chi connectivity index (χ1) is 9.15. The number of hydrogen-bond acceptors (Lipinski definition) is 5. The van der Waals surface area contributed by atoms with Crippen molar-refractivity contribution in [1.29, 1.82) is 0 Å². The van der Waals surface area contributed by atoms with E-state index in [1.54, 1.807) is 12.3 Å². The maximum Gasteiger partial charge on any atom is 0.227 e. The topological polar surface area (TPSA) is 66.5 Å². The molecule has 0 aliphatic carbocycles. The van der Waals surface area contributed by atoms with Crippen molar-refractivity contribution in [3.05, 3.63) is 18.3 Å². The van der Waals surface area contributed by atoms with E-state index < -0.39 is 0 Å². The molecule has 6 nitrogen and oxygen atoms in total. The van der Waals surface area contributed by atoms with Crippen LogP contribution < -0.4 is 15.5 Å². The normalized spacial score (nSPS) is 18.9. The standard InChI is InChI=1S/C13H20N4O2/c1-17(2)11-3-4-12(15-8-11)16-13(18)7-10-9-19-6-5-14-10/h3-4,8,10,14H,5-7,9H2,1-2H3,(H,15,16,18). The van der Waals surface area contributed by atoms with E-state index in [9.17, 15) is 4.79 Å². The highest BCUT2D eigenvalue weighted by Crippen LogP contribution is 2.12. The van der Waals surface area contributed by atoms with Gasteiger partial charge in [-0.15, -0.1) is 0 Å². The van der Waals surface area contributed by atoms with Gasteiger partial charge in [-0.1, -0.05) is 0 Å². The van der Waals surface area contributed by atoms with Gasteiger partial charge >= 0.3 is 0 Å². The van der Waals surface area contributed by atoms with Crippen molar-refractivity contribution in [3.63, 3.8) is 0 Å². The summed E-state index contributed by atoms with van der Waals surface area (Å²) in [5.74, 6) is 0.528. The van der Waals surface area contributed by atoms with E-state index in [4.69, 9.17) is 4.74 Å². The van der Waals surface area contributed by atoms with Gasteiger partial charge in [0.25, 0.3) is 0 Å². The first kappa shape index (κ1) is 13.8. The van der Waals surface area contributed by atoms with E-state index >= 15 is 0 Å². The van der Waals surface area contributed by atoms with E-state index in [2.05, 4.69) is 15.6 Å². The van der Waals surface area contributed by atoms with Crippen LogP contribution in [0.15, 0.2) is 18.3 Å². The quantitative estimate of drug-likeness (QED) is 0.827. The Morgan fingerprint density at radius 3 is 3.00 bits per heavy atom. The van der Waals surface area contributed by atoms with Gasteiger partial charge in [0.1, 0.15) is 5.82 Å². The van der Waals surface area contributed by atoms with Crippen LogP contribution in [0.1, 0.15) is 6.42 Å². The van der Waals surface area contributed by atoms with E-state index in [-0.39, 0.29) is 11.9 Å². The van der Waals surface area contributed by atoms with Gasteiger partial charge in [0, 0.05) is 33.1 Å². The summed E-state index contributed by atoms with van der Waals surface area (Å²) in [5, 5.41) is 6.04. The van der Waals surface area contributed by atoms with Gasteiger partial charge < -0.3 is 20.3 Å². The number of carbonyl (C=O) groups excluding carboxylic acids is 1. The molecule has 104 valence electrons. The van der Waals surface area contributed by atoms with Crippen molar-refractivity contribution in [3.8, 4) is 0 Å². The zero-order chi connectivity index (χ0) is 13.7. The van der Waals surface area contributed by atoms with Gasteiger partial charge in [-0.3, -0.25) is 4.79 Å². The van der Waals surface area contributed by atoms with E-state index in [0.717, 1.165) is 12.2 Å². The van der Waals surface area contributed by atoms with Crippen LogP contribution in [-0.2, 0) is 9.53 Å². The van der Waals surface area contributed by atoms with Crippen molar-refractivity contribution in [1.82, 2.24) is 10.3 Å². The van der Waals surface area contributed by atoms with Crippen molar-refractivity contribution < 1.29 is 9.53 Å². The van der Waals surface area contributed by atoms with Crippen LogP contribution in [0.25, 0.3) is 0 Å². The second-order valence-electron chi connectivity index (χ2n) is 4.77. The molecule has 0 spiro atoms. The molecule has 1 fully saturated rings. The molecule has 0 aromatic carbocycles. The third-order valence-corrected chi connectivity index (χ3v) is 2.96. The predicted molar refractivity (Wildman–Crippen MR) is 74.4 cm³/mol. The molecule has 0 radical (unpaired) electrons. The lowest BCUT2D eigenvalue weighted by Gasteiger charge is -2.23. The smallest absolute Gasteiger partial charge is 0.227 e. The van der Waals surface area contributed by atoms with Gasteiger partial charge in [0.2, 0.25) is 5.91 Å². The highest BCUT2D eigenvalue weighted by Gasteiger charge is 2.17. The molecule has 1 amide bonds. The molecule has 19 heavy (non-hydrogen) atoms. The Kier molecular flexibility index (Phi) is 4.70. The Bertz CT molecular complexity index is 413. The zero-order valence-corrected chi connectivity index (χ0v) is 11.3. The summed E-state index contributed by atoms with van der Waals surface area (Å²) in [7, 11) is 3.90. The number of carbonyl (C=O) groups is 1. The van der Waals surface area contributed by atoms with Crippen molar-refractivity contribution in [2.24, 2.45) is 0 Å². The molecule has 2 rings (SSSR count). The minimum absolute atomic E-state index is 0.0481. The third-order valence-electron chi connectivity index (χ3n) is 2.96. The molecular weight excluding hydrogens is 244 g/mol. The molecule has 1 unspecified atom stereocenters. The highest BCUT2D eigenvalue weighted by molar-refractivity contribution is 5.90. The molecule has 1 aliphatic heterocycles. The lowest BCUT2D eigenvalue weighted by atomic mass is 10.2. The van der Waals surface area contributed by atoms with Gasteiger partial charge in [-0.2, -0.15) is 0 Å².